The highest BCUT2D eigenvalue weighted by Gasteiger charge is 2.76. The Bertz CT molecular complexity index is 1710. The van der Waals surface area contributed by atoms with Gasteiger partial charge in [-0.2, -0.15) is 0 Å². The molecule has 2 saturated carbocycles. The second kappa shape index (κ2) is 11.6. The zero-order valence-corrected chi connectivity index (χ0v) is 24.0. The van der Waals surface area contributed by atoms with Gasteiger partial charge < -0.3 is 34.7 Å². The number of ether oxygens (including phenoxy) is 2. The molecule has 0 radical (unpaired) electrons. The topological polar surface area (TPSA) is 139 Å². The van der Waals surface area contributed by atoms with E-state index >= 15 is 0 Å². The third-order valence-electron chi connectivity index (χ3n) is 8.49. The monoisotopic (exact) mass is 582 g/mol. The van der Waals surface area contributed by atoms with Crippen LogP contribution in [0.4, 0.5) is 5.82 Å². The van der Waals surface area contributed by atoms with Crippen LogP contribution in [0, 0.1) is 23.2 Å². The van der Waals surface area contributed by atoms with Crippen LogP contribution in [0.15, 0.2) is 60.8 Å². The second-order valence-electron chi connectivity index (χ2n) is 11.0. The van der Waals surface area contributed by atoms with E-state index in [1.54, 1.807) is 19.1 Å². The molecule has 43 heavy (non-hydrogen) atoms. The van der Waals surface area contributed by atoms with Crippen LogP contribution in [-0.4, -0.2) is 68.3 Å². The Hall–Kier alpha value is -4.59. The number of nitrogens with zero attached hydrogens (tertiary/aromatic N) is 3. The molecule has 2 aromatic carbocycles. The summed E-state index contributed by atoms with van der Waals surface area (Å²) in [5.41, 5.74) is 1.26. The first kappa shape index (κ1) is 28.5. The van der Waals surface area contributed by atoms with E-state index in [1.165, 1.54) is 7.11 Å². The van der Waals surface area contributed by atoms with Gasteiger partial charge >= 0.3 is 5.97 Å². The lowest BCUT2D eigenvalue weighted by Gasteiger charge is -2.24. The van der Waals surface area contributed by atoms with E-state index in [4.69, 9.17) is 19.4 Å². The number of carbonyl (C=O) groups excluding carboxylic acids is 1. The van der Waals surface area contributed by atoms with E-state index in [0.717, 1.165) is 29.4 Å². The number of carbonyl (C=O) groups is 1. The number of anilines is 1. The van der Waals surface area contributed by atoms with Gasteiger partial charge in [0, 0.05) is 24.2 Å². The summed E-state index contributed by atoms with van der Waals surface area (Å²) in [7, 11) is 1.52. The third-order valence-corrected chi connectivity index (χ3v) is 8.49. The van der Waals surface area contributed by atoms with Gasteiger partial charge in [0.1, 0.15) is 23.0 Å². The standard InChI is InChI=1S/C33H34N4O6/c1-3-43-32(41)33-19-23(33)27(28(39)29(33)40)37-17-15-22-30(34-16-7-10-21-11-13-25(42-2)24(38)18-21)35-26(36-31(22)37)14-12-20-8-5-4-6-9-20/h4-6,8-9,11,13,15,17-18,23,27-29,38-40H,3,7,10,16,19H2,1-2H3,(H,34,35,36)/t23-,27-,28+,29+,33-/m1/s1. The Kier molecular flexibility index (Phi) is 7.69. The number of hydrogen-bond acceptors (Lipinski definition) is 9. The van der Waals surface area contributed by atoms with Crippen LogP contribution in [0.25, 0.3) is 11.0 Å². The van der Waals surface area contributed by atoms with Crippen LogP contribution in [0.2, 0.25) is 0 Å². The van der Waals surface area contributed by atoms with Crippen LogP contribution in [-0.2, 0) is 16.0 Å². The summed E-state index contributed by atoms with van der Waals surface area (Å²) in [6.45, 7) is 2.53. The van der Waals surface area contributed by atoms with E-state index in [2.05, 4.69) is 17.2 Å². The van der Waals surface area contributed by atoms with E-state index in [9.17, 15) is 20.1 Å². The van der Waals surface area contributed by atoms with Crippen molar-refractivity contribution in [1.29, 1.82) is 0 Å². The summed E-state index contributed by atoms with van der Waals surface area (Å²) in [5.74, 6) is 6.87. The molecule has 6 rings (SSSR count). The molecule has 2 heterocycles. The van der Waals surface area contributed by atoms with Crippen molar-refractivity contribution in [2.45, 2.75) is 44.4 Å². The van der Waals surface area contributed by atoms with Gasteiger partial charge in [0.25, 0.3) is 0 Å². The van der Waals surface area contributed by atoms with Crippen LogP contribution >= 0.6 is 0 Å². The van der Waals surface area contributed by atoms with Gasteiger partial charge in [0.15, 0.2) is 11.5 Å². The Morgan fingerprint density at radius 2 is 1.95 bits per heavy atom. The van der Waals surface area contributed by atoms with Crippen molar-refractivity contribution < 1.29 is 29.6 Å². The number of benzene rings is 2. The average molecular weight is 583 g/mol. The number of rotatable bonds is 9. The average Bonchev–Trinajstić information content (AvgIpc) is 3.55. The fraction of sp³-hybridized carbons (Fsp3) is 0.364. The van der Waals surface area contributed by atoms with E-state index in [1.807, 2.05) is 53.2 Å². The van der Waals surface area contributed by atoms with Crippen LogP contribution in [0.1, 0.15) is 42.8 Å². The zero-order chi connectivity index (χ0) is 30.1. The number of aromatic nitrogens is 3. The number of nitrogens with one attached hydrogen (secondary N) is 1. The van der Waals surface area contributed by atoms with Gasteiger partial charge in [-0.25, -0.2) is 9.97 Å². The predicted molar refractivity (Wildman–Crippen MR) is 160 cm³/mol. The van der Waals surface area contributed by atoms with E-state index < -0.39 is 29.6 Å². The maximum atomic E-state index is 12.8. The minimum atomic E-state index is -1.23. The number of hydrogen-bond donors (Lipinski definition) is 4. The number of fused-ring (bicyclic) bond motifs is 2. The number of aliphatic hydroxyl groups excluding tert-OH is 2. The highest BCUT2D eigenvalue weighted by Crippen LogP contribution is 2.68. The SMILES string of the molecule is CCOC(=O)[C@]12C[C@@H]1[C@@H](n1ccc3c(NCCCc4ccc(OC)c(O)c4)nc(C#Cc4ccccc4)nc31)[C@H](O)[C@@H]2O. The van der Waals surface area contributed by atoms with Crippen molar-refractivity contribution in [3.8, 4) is 23.3 Å². The van der Waals surface area contributed by atoms with Gasteiger partial charge in [0.05, 0.1) is 31.2 Å². The van der Waals surface area contributed by atoms with Crippen molar-refractivity contribution in [2.75, 3.05) is 25.6 Å². The van der Waals surface area contributed by atoms with Crippen LogP contribution in [0.3, 0.4) is 0 Å². The van der Waals surface area contributed by atoms with Gasteiger partial charge in [-0.1, -0.05) is 30.2 Å². The number of methoxy groups -OCH3 is 1. The maximum Gasteiger partial charge on any atom is 0.315 e. The minimum Gasteiger partial charge on any atom is -0.504 e. The molecule has 2 aromatic heterocycles. The summed E-state index contributed by atoms with van der Waals surface area (Å²) in [6.07, 6.45) is 1.36. The van der Waals surface area contributed by atoms with Crippen LogP contribution < -0.4 is 10.1 Å². The third kappa shape index (κ3) is 5.15. The maximum absolute atomic E-state index is 12.8. The first-order chi connectivity index (χ1) is 20.9. The Morgan fingerprint density at radius 3 is 2.70 bits per heavy atom. The molecule has 222 valence electrons. The number of esters is 1. The highest BCUT2D eigenvalue weighted by molar-refractivity contribution is 5.88. The summed E-state index contributed by atoms with van der Waals surface area (Å²) in [5, 5.41) is 36.3. The molecule has 5 atom stereocenters. The largest absolute Gasteiger partial charge is 0.504 e. The van der Waals surface area contributed by atoms with Crippen molar-refractivity contribution >= 4 is 22.8 Å². The van der Waals surface area contributed by atoms with Crippen LogP contribution in [0.5, 0.6) is 11.5 Å². The lowest BCUT2D eigenvalue weighted by atomic mass is 9.99. The first-order valence-corrected chi connectivity index (χ1v) is 14.5. The van der Waals surface area contributed by atoms with Gasteiger partial charge in [-0.05, 0) is 68.0 Å². The number of aromatic hydroxyl groups is 1. The molecule has 0 saturated heterocycles. The Labute approximate surface area is 249 Å². The molecule has 2 fully saturated rings. The van der Waals surface area contributed by atoms with Crippen molar-refractivity contribution in [2.24, 2.45) is 11.3 Å². The summed E-state index contributed by atoms with van der Waals surface area (Å²) >= 11 is 0. The molecule has 0 amide bonds. The predicted octanol–water partition coefficient (Wildman–Crippen LogP) is 3.44. The Morgan fingerprint density at radius 1 is 1.14 bits per heavy atom. The smallest absolute Gasteiger partial charge is 0.315 e. The minimum absolute atomic E-state index is 0.107. The summed E-state index contributed by atoms with van der Waals surface area (Å²) in [6, 6.07) is 16.2. The second-order valence-corrected chi connectivity index (χ2v) is 11.0. The lowest BCUT2D eigenvalue weighted by Crippen LogP contribution is -2.38. The fourth-order valence-electron chi connectivity index (χ4n) is 6.28. The molecule has 4 aromatic rings. The summed E-state index contributed by atoms with van der Waals surface area (Å²) < 4.78 is 12.2. The molecule has 0 bridgehead atoms. The molecule has 0 aliphatic heterocycles. The van der Waals surface area contributed by atoms with E-state index in [-0.39, 0.29) is 18.3 Å². The quantitative estimate of drug-likeness (QED) is 0.133. The lowest BCUT2D eigenvalue weighted by molar-refractivity contribution is -0.156. The Balaban J connectivity index is 1.29. The van der Waals surface area contributed by atoms with Crippen molar-refractivity contribution in [3.63, 3.8) is 0 Å². The van der Waals surface area contributed by atoms with Gasteiger partial charge in [-0.3, -0.25) is 4.79 Å². The number of aliphatic hydroxyl groups is 2. The van der Waals surface area contributed by atoms with Gasteiger partial charge in [-0.15, -0.1) is 0 Å². The molecular weight excluding hydrogens is 548 g/mol. The zero-order valence-electron chi connectivity index (χ0n) is 24.0. The molecule has 10 nitrogen and oxygen atoms in total. The molecule has 2 aliphatic carbocycles. The highest BCUT2D eigenvalue weighted by atomic mass is 16.5. The van der Waals surface area contributed by atoms with Crippen molar-refractivity contribution in [1.82, 2.24) is 14.5 Å². The van der Waals surface area contributed by atoms with E-state index in [0.29, 0.717) is 36.0 Å². The molecule has 10 heteroatoms. The molecule has 0 unspecified atom stereocenters. The first-order valence-electron chi connectivity index (χ1n) is 14.5. The normalized spacial score (nSPS) is 23.7. The molecule has 0 spiro atoms. The van der Waals surface area contributed by atoms with Gasteiger partial charge in [0.2, 0.25) is 5.82 Å². The number of phenolic OH excluding ortho intramolecular Hbond substituents is 1. The van der Waals surface area contributed by atoms with Crippen molar-refractivity contribution in [3.05, 3.63) is 77.7 Å². The molecule has 4 N–H and O–H groups in total. The summed E-state index contributed by atoms with van der Waals surface area (Å²) in [4.78, 5) is 22.3. The molecule has 2 aliphatic rings. The number of phenols is 1. The molecular formula is C33H34N4O6. The fourth-order valence-corrected chi connectivity index (χ4v) is 6.28. The number of aryl methyl sites for hydroxylation is 1.